The van der Waals surface area contributed by atoms with Crippen molar-refractivity contribution in [3.8, 4) is 0 Å². The van der Waals surface area contributed by atoms with E-state index in [0.717, 1.165) is 41.8 Å². The lowest BCUT2D eigenvalue weighted by molar-refractivity contribution is 0.0462. The highest BCUT2D eigenvalue weighted by Gasteiger charge is 2.23. The van der Waals surface area contributed by atoms with Gasteiger partial charge in [-0.15, -0.1) is 0 Å². The van der Waals surface area contributed by atoms with E-state index in [1.165, 1.54) is 18.2 Å². The van der Waals surface area contributed by atoms with Gasteiger partial charge in [0.05, 0.1) is 29.4 Å². The first kappa shape index (κ1) is 27.3. The smallest absolute Gasteiger partial charge is 0.339 e. The molecule has 3 rings (SSSR count). The molecule has 0 aliphatic carbocycles. The molecule has 0 bridgehead atoms. The fraction of sp³-hybridized carbons (Fsp3) is 0.148. The monoisotopic (exact) mass is 568 g/mol. The van der Waals surface area contributed by atoms with E-state index in [2.05, 4.69) is 20.7 Å². The Hall–Kier alpha value is -4.31. The number of hydrogen-bond acceptors (Lipinski definition) is 7. The molecule has 0 heterocycles. The van der Waals surface area contributed by atoms with Gasteiger partial charge in [-0.25, -0.2) is 19.2 Å². The SMILES string of the molecule is CCc1ccc(COC(=O)c2ccc(C(=O)c3ccc(C(=O)O)c(C(=O)OC)c3)cc2C(=O)O)cc1Br. The van der Waals surface area contributed by atoms with Gasteiger partial charge in [0, 0.05) is 15.6 Å². The number of aromatic carboxylic acids is 2. The topological polar surface area (TPSA) is 144 Å². The van der Waals surface area contributed by atoms with Gasteiger partial charge >= 0.3 is 23.9 Å². The molecule has 0 atom stereocenters. The normalized spacial score (nSPS) is 10.5. The molecule has 10 heteroatoms. The molecule has 0 saturated carbocycles. The summed E-state index contributed by atoms with van der Waals surface area (Å²) in [6, 6.07) is 12.3. The lowest BCUT2D eigenvalue weighted by Crippen LogP contribution is -2.15. The summed E-state index contributed by atoms with van der Waals surface area (Å²) in [7, 11) is 1.07. The average molecular weight is 569 g/mol. The third-order valence-corrected chi connectivity index (χ3v) is 6.26. The van der Waals surface area contributed by atoms with Crippen molar-refractivity contribution in [1.82, 2.24) is 0 Å². The molecule has 37 heavy (non-hydrogen) atoms. The highest BCUT2D eigenvalue weighted by molar-refractivity contribution is 9.10. The molecule has 3 aromatic rings. The molecule has 9 nitrogen and oxygen atoms in total. The Labute approximate surface area is 219 Å². The van der Waals surface area contributed by atoms with Crippen LogP contribution in [0.3, 0.4) is 0 Å². The first-order valence-corrected chi connectivity index (χ1v) is 11.7. The molecule has 2 N–H and O–H groups in total. The minimum absolute atomic E-state index is 0.0711. The van der Waals surface area contributed by atoms with Crippen LogP contribution in [0, 0.1) is 0 Å². The fourth-order valence-electron chi connectivity index (χ4n) is 3.55. The second-order valence-corrected chi connectivity index (χ2v) is 8.66. The number of carboxylic acid groups (broad SMARTS) is 2. The molecule has 0 spiro atoms. The van der Waals surface area contributed by atoms with Crippen LogP contribution in [-0.4, -0.2) is 47.0 Å². The van der Waals surface area contributed by atoms with Crippen molar-refractivity contribution in [2.75, 3.05) is 7.11 Å². The zero-order valence-electron chi connectivity index (χ0n) is 19.7. The number of rotatable bonds is 9. The summed E-state index contributed by atoms with van der Waals surface area (Å²) < 4.78 is 10.7. The maximum Gasteiger partial charge on any atom is 0.339 e. The van der Waals surface area contributed by atoms with Gasteiger partial charge in [-0.2, -0.15) is 0 Å². The van der Waals surface area contributed by atoms with Crippen molar-refractivity contribution in [3.05, 3.63) is 104 Å². The summed E-state index contributed by atoms with van der Waals surface area (Å²) in [5, 5.41) is 19.0. The molecule has 0 saturated heterocycles. The van der Waals surface area contributed by atoms with Crippen LogP contribution in [-0.2, 0) is 22.5 Å². The Balaban J connectivity index is 1.88. The van der Waals surface area contributed by atoms with E-state index in [1.54, 1.807) is 6.07 Å². The zero-order valence-corrected chi connectivity index (χ0v) is 21.3. The summed E-state index contributed by atoms with van der Waals surface area (Å²) in [6.07, 6.45) is 0.821. The summed E-state index contributed by atoms with van der Waals surface area (Å²) in [4.78, 5) is 61.0. The molecule has 0 unspecified atom stereocenters. The number of carboxylic acids is 2. The van der Waals surface area contributed by atoms with Crippen LogP contribution in [0.4, 0.5) is 0 Å². The molecule has 190 valence electrons. The van der Waals surface area contributed by atoms with Gasteiger partial charge in [-0.05, 0) is 47.9 Å². The number of benzene rings is 3. The lowest BCUT2D eigenvalue weighted by Gasteiger charge is -2.11. The number of ether oxygens (including phenoxy) is 2. The number of halogens is 1. The highest BCUT2D eigenvalue weighted by atomic mass is 79.9. The number of hydrogen-bond donors (Lipinski definition) is 2. The number of carbonyl (C=O) groups excluding carboxylic acids is 3. The molecule has 0 fully saturated rings. The van der Waals surface area contributed by atoms with Crippen molar-refractivity contribution in [3.63, 3.8) is 0 Å². The molecule has 0 amide bonds. The standard InChI is InChI=1S/C27H21BrO9/c1-3-15-5-4-14(10-22(15)28)13-37-27(35)19-9-7-16(11-20(19)25(32)33)23(29)17-6-8-18(24(30)31)21(12-17)26(34)36-2/h4-12H,3,13H2,1-2H3,(H,30,31)(H,32,33). The predicted molar refractivity (Wildman–Crippen MR) is 134 cm³/mol. The Morgan fingerprint density at radius 1 is 0.757 bits per heavy atom. The Bertz CT molecular complexity index is 1430. The van der Waals surface area contributed by atoms with Crippen LogP contribution in [0.15, 0.2) is 59.1 Å². The fourth-order valence-corrected chi connectivity index (χ4v) is 4.26. The second kappa shape index (κ2) is 11.6. The summed E-state index contributed by atoms with van der Waals surface area (Å²) in [6.45, 7) is 1.91. The Kier molecular flexibility index (Phi) is 8.56. The largest absolute Gasteiger partial charge is 0.478 e. The number of esters is 2. The second-order valence-electron chi connectivity index (χ2n) is 7.81. The maximum atomic E-state index is 13.0. The van der Waals surface area contributed by atoms with Gasteiger partial charge in [0.2, 0.25) is 0 Å². The third kappa shape index (κ3) is 6.10. The van der Waals surface area contributed by atoms with E-state index in [-0.39, 0.29) is 34.4 Å². The van der Waals surface area contributed by atoms with Gasteiger partial charge in [-0.3, -0.25) is 4.79 Å². The van der Waals surface area contributed by atoms with Crippen LogP contribution in [0.25, 0.3) is 0 Å². The summed E-state index contributed by atoms with van der Waals surface area (Å²) in [5.74, 6) is -5.36. The van der Waals surface area contributed by atoms with Crippen LogP contribution >= 0.6 is 15.9 Å². The summed E-state index contributed by atoms with van der Waals surface area (Å²) >= 11 is 3.45. The van der Waals surface area contributed by atoms with Crippen molar-refractivity contribution >= 4 is 45.6 Å². The molecule has 0 aromatic heterocycles. The van der Waals surface area contributed by atoms with Gasteiger partial charge < -0.3 is 19.7 Å². The van der Waals surface area contributed by atoms with Gasteiger partial charge in [0.25, 0.3) is 0 Å². The van der Waals surface area contributed by atoms with E-state index in [0.29, 0.717) is 5.56 Å². The molecule has 0 radical (unpaired) electrons. The van der Waals surface area contributed by atoms with Crippen molar-refractivity contribution in [2.24, 2.45) is 0 Å². The van der Waals surface area contributed by atoms with E-state index in [9.17, 15) is 34.2 Å². The average Bonchev–Trinajstić information content (AvgIpc) is 2.90. The number of ketones is 1. The third-order valence-electron chi connectivity index (χ3n) is 5.52. The molecular weight excluding hydrogens is 548 g/mol. The van der Waals surface area contributed by atoms with Crippen molar-refractivity contribution in [2.45, 2.75) is 20.0 Å². The lowest BCUT2D eigenvalue weighted by atomic mass is 9.95. The number of carbonyl (C=O) groups is 5. The Morgan fingerprint density at radius 2 is 1.35 bits per heavy atom. The number of methoxy groups -OCH3 is 1. The van der Waals surface area contributed by atoms with Crippen molar-refractivity contribution < 1.29 is 43.7 Å². The Morgan fingerprint density at radius 3 is 1.89 bits per heavy atom. The van der Waals surface area contributed by atoms with E-state index in [4.69, 9.17) is 4.74 Å². The van der Waals surface area contributed by atoms with Crippen LogP contribution in [0.5, 0.6) is 0 Å². The van der Waals surface area contributed by atoms with Gasteiger partial charge in [0.1, 0.15) is 6.61 Å². The minimum Gasteiger partial charge on any atom is -0.478 e. The van der Waals surface area contributed by atoms with Crippen molar-refractivity contribution in [1.29, 1.82) is 0 Å². The predicted octanol–water partition coefficient (Wildman–Crippen LogP) is 4.78. The summed E-state index contributed by atoms with van der Waals surface area (Å²) in [5.41, 5.74) is 0.234. The zero-order chi connectivity index (χ0) is 27.3. The van der Waals surface area contributed by atoms with E-state index < -0.39 is 35.2 Å². The number of aryl methyl sites for hydroxylation is 1. The maximum absolute atomic E-state index is 13.0. The van der Waals surface area contributed by atoms with Crippen LogP contribution in [0.2, 0.25) is 0 Å². The molecule has 0 aliphatic rings. The van der Waals surface area contributed by atoms with E-state index in [1.807, 2.05) is 19.1 Å². The first-order valence-electron chi connectivity index (χ1n) is 10.9. The van der Waals surface area contributed by atoms with Crippen LogP contribution in [0.1, 0.15) is 75.4 Å². The van der Waals surface area contributed by atoms with Crippen LogP contribution < -0.4 is 0 Å². The van der Waals surface area contributed by atoms with E-state index >= 15 is 0 Å². The minimum atomic E-state index is -1.45. The molecule has 3 aromatic carbocycles. The highest BCUT2D eigenvalue weighted by Crippen LogP contribution is 2.22. The van der Waals surface area contributed by atoms with Gasteiger partial charge in [0.15, 0.2) is 5.78 Å². The molecular formula is C27H21BrO9. The first-order chi connectivity index (χ1) is 17.6. The van der Waals surface area contributed by atoms with Gasteiger partial charge in [-0.1, -0.05) is 47.1 Å². The quantitative estimate of drug-likeness (QED) is 0.275. The molecule has 0 aliphatic heterocycles.